The lowest BCUT2D eigenvalue weighted by molar-refractivity contribution is -0.157. The second-order valence-electron chi connectivity index (χ2n) is 9.37. The number of nitrogens with one attached hydrogen (secondary N) is 2. The number of hydrogen-bond acceptors (Lipinski definition) is 5. The van der Waals surface area contributed by atoms with Crippen LogP contribution in [0.25, 0.3) is 0 Å². The first-order valence-corrected chi connectivity index (χ1v) is 9.65. The zero-order chi connectivity index (χ0) is 22.3. The number of allylic oxidation sites excluding steroid dienone is 1. The van der Waals surface area contributed by atoms with E-state index in [1.807, 2.05) is 48.5 Å². The number of rotatable bonds is 10. The summed E-state index contributed by atoms with van der Waals surface area (Å²) in [4.78, 5) is 37.7. The fourth-order valence-corrected chi connectivity index (χ4v) is 2.97. The van der Waals surface area contributed by atoms with E-state index in [-0.39, 0.29) is 18.2 Å². The van der Waals surface area contributed by atoms with Crippen molar-refractivity contribution in [1.82, 2.24) is 10.6 Å². The van der Waals surface area contributed by atoms with Gasteiger partial charge in [0.1, 0.15) is 6.04 Å². The van der Waals surface area contributed by atoms with Crippen molar-refractivity contribution in [2.24, 2.45) is 17.3 Å². The minimum atomic E-state index is -1.60. The van der Waals surface area contributed by atoms with E-state index < -0.39 is 40.9 Å². The fraction of sp³-hybridized carbons (Fsp3) is 0.762. The van der Waals surface area contributed by atoms with Crippen molar-refractivity contribution in [3.8, 4) is 0 Å². The van der Waals surface area contributed by atoms with E-state index in [9.17, 15) is 19.5 Å². The van der Waals surface area contributed by atoms with Crippen LogP contribution in [-0.2, 0) is 19.1 Å². The van der Waals surface area contributed by atoms with Crippen molar-refractivity contribution in [2.75, 3.05) is 7.11 Å². The largest absolute Gasteiger partial charge is 0.467 e. The first kappa shape index (κ1) is 26.1. The van der Waals surface area contributed by atoms with Crippen LogP contribution in [0.2, 0.25) is 0 Å². The third-order valence-corrected chi connectivity index (χ3v) is 4.38. The SMILES string of the molecule is C=CCC(C)(C)C(NC(=O)[C@H](CC(C)C)[C@H](O)C(=O)OC)C(=O)NC(C)(C)C. The number of hydrogen-bond donors (Lipinski definition) is 3. The second kappa shape index (κ2) is 10.6. The van der Waals surface area contributed by atoms with Crippen LogP contribution in [0.3, 0.4) is 0 Å². The van der Waals surface area contributed by atoms with Crippen LogP contribution in [0, 0.1) is 17.3 Å². The van der Waals surface area contributed by atoms with Gasteiger partial charge in [0.05, 0.1) is 13.0 Å². The van der Waals surface area contributed by atoms with Gasteiger partial charge in [-0.15, -0.1) is 6.58 Å². The van der Waals surface area contributed by atoms with Crippen LogP contribution in [-0.4, -0.2) is 47.7 Å². The summed E-state index contributed by atoms with van der Waals surface area (Å²) >= 11 is 0. The Bertz CT molecular complexity index is 564. The van der Waals surface area contributed by atoms with Crippen LogP contribution in [0.5, 0.6) is 0 Å². The molecule has 0 radical (unpaired) electrons. The molecule has 7 heteroatoms. The molecule has 28 heavy (non-hydrogen) atoms. The number of carbonyl (C=O) groups is 3. The number of aliphatic hydroxyl groups excluding tert-OH is 1. The first-order chi connectivity index (χ1) is 12.7. The van der Waals surface area contributed by atoms with Gasteiger partial charge < -0.3 is 20.5 Å². The molecule has 0 heterocycles. The van der Waals surface area contributed by atoms with Gasteiger partial charge in [0, 0.05) is 5.54 Å². The average molecular weight is 399 g/mol. The maximum atomic E-state index is 13.0. The number of aliphatic hydroxyl groups is 1. The van der Waals surface area contributed by atoms with Crippen LogP contribution >= 0.6 is 0 Å². The normalized spacial score (nSPS) is 15.4. The summed E-state index contributed by atoms with van der Waals surface area (Å²) in [5.74, 6) is -2.72. The zero-order valence-electron chi connectivity index (χ0n) is 18.6. The Labute approximate surface area is 169 Å². The lowest BCUT2D eigenvalue weighted by atomic mass is 9.79. The lowest BCUT2D eigenvalue weighted by Crippen LogP contribution is -2.59. The van der Waals surface area contributed by atoms with Crippen molar-refractivity contribution in [3.63, 3.8) is 0 Å². The summed E-state index contributed by atoms with van der Waals surface area (Å²) in [6, 6.07) is -0.864. The van der Waals surface area contributed by atoms with Crippen LogP contribution in [0.1, 0.15) is 61.3 Å². The predicted octanol–water partition coefficient (Wildman–Crippen LogP) is 2.18. The monoisotopic (exact) mass is 398 g/mol. The maximum Gasteiger partial charge on any atom is 0.335 e. The van der Waals surface area contributed by atoms with E-state index in [0.29, 0.717) is 6.42 Å². The van der Waals surface area contributed by atoms with Gasteiger partial charge in [0.25, 0.3) is 0 Å². The Hall–Kier alpha value is -1.89. The number of methoxy groups -OCH3 is 1. The molecule has 0 bridgehead atoms. The molecule has 0 aromatic carbocycles. The Morgan fingerprint density at radius 3 is 2.04 bits per heavy atom. The van der Waals surface area contributed by atoms with Gasteiger partial charge in [-0.1, -0.05) is 33.8 Å². The molecule has 0 aromatic heterocycles. The quantitative estimate of drug-likeness (QED) is 0.386. The highest BCUT2D eigenvalue weighted by atomic mass is 16.5. The summed E-state index contributed by atoms with van der Waals surface area (Å²) in [6.07, 6.45) is 0.862. The Balaban J connectivity index is 5.77. The molecule has 0 fully saturated rings. The molecule has 0 saturated heterocycles. The second-order valence-corrected chi connectivity index (χ2v) is 9.37. The molecule has 0 saturated carbocycles. The minimum absolute atomic E-state index is 0.0538. The molecule has 0 aliphatic rings. The van der Waals surface area contributed by atoms with Gasteiger partial charge >= 0.3 is 5.97 Å². The van der Waals surface area contributed by atoms with E-state index in [4.69, 9.17) is 0 Å². The van der Waals surface area contributed by atoms with Gasteiger partial charge in [-0.25, -0.2) is 4.79 Å². The third kappa shape index (κ3) is 8.42. The Morgan fingerprint density at radius 1 is 1.11 bits per heavy atom. The van der Waals surface area contributed by atoms with Crippen molar-refractivity contribution < 1.29 is 24.2 Å². The average Bonchev–Trinajstić information content (AvgIpc) is 2.53. The van der Waals surface area contributed by atoms with Gasteiger partial charge in [0.15, 0.2) is 6.10 Å². The molecular formula is C21H38N2O5. The van der Waals surface area contributed by atoms with E-state index in [0.717, 1.165) is 7.11 Å². The van der Waals surface area contributed by atoms with E-state index in [1.54, 1.807) is 6.08 Å². The summed E-state index contributed by atoms with van der Waals surface area (Å²) < 4.78 is 4.59. The molecule has 0 rings (SSSR count). The highest BCUT2D eigenvalue weighted by molar-refractivity contribution is 5.92. The van der Waals surface area contributed by atoms with Gasteiger partial charge in [-0.2, -0.15) is 0 Å². The first-order valence-electron chi connectivity index (χ1n) is 9.65. The molecule has 0 aromatic rings. The standard InChI is InChI=1S/C21H38N2O5/c1-10-11-21(7,8)16(18(26)23-20(4,5)6)22-17(25)14(12-13(2)3)15(24)19(27)28-9/h10,13-16,24H,1,11-12H2,2-9H3,(H,22,25)(H,23,26)/t14-,15+,16?/m1/s1. The Kier molecular flexibility index (Phi) is 9.88. The molecule has 0 spiro atoms. The van der Waals surface area contributed by atoms with Gasteiger partial charge in [-0.3, -0.25) is 9.59 Å². The number of carbonyl (C=O) groups excluding carboxylic acids is 3. The maximum absolute atomic E-state index is 13.0. The number of amides is 2. The van der Waals surface area contributed by atoms with Crippen LogP contribution in [0.15, 0.2) is 12.7 Å². The van der Waals surface area contributed by atoms with Crippen LogP contribution in [0.4, 0.5) is 0 Å². The van der Waals surface area contributed by atoms with Gasteiger partial charge in [0.2, 0.25) is 11.8 Å². The predicted molar refractivity (Wildman–Crippen MR) is 109 cm³/mol. The molecule has 3 atom stereocenters. The molecule has 2 amide bonds. The third-order valence-electron chi connectivity index (χ3n) is 4.38. The molecule has 0 aliphatic carbocycles. The van der Waals surface area contributed by atoms with Crippen molar-refractivity contribution >= 4 is 17.8 Å². The molecule has 162 valence electrons. The highest BCUT2D eigenvalue weighted by Crippen LogP contribution is 2.28. The van der Waals surface area contributed by atoms with Crippen molar-refractivity contribution in [3.05, 3.63) is 12.7 Å². The van der Waals surface area contributed by atoms with E-state index >= 15 is 0 Å². The highest BCUT2D eigenvalue weighted by Gasteiger charge is 2.40. The summed E-state index contributed by atoms with van der Waals surface area (Å²) in [7, 11) is 1.16. The fourth-order valence-electron chi connectivity index (χ4n) is 2.97. The number of esters is 1. The van der Waals surface area contributed by atoms with E-state index in [1.165, 1.54) is 0 Å². The molecular weight excluding hydrogens is 360 g/mol. The molecule has 3 N–H and O–H groups in total. The molecule has 7 nitrogen and oxygen atoms in total. The van der Waals surface area contributed by atoms with Crippen molar-refractivity contribution in [2.45, 2.75) is 79.0 Å². The molecule has 1 unspecified atom stereocenters. The summed E-state index contributed by atoms with van der Waals surface area (Å²) in [6.45, 7) is 16.8. The smallest absolute Gasteiger partial charge is 0.335 e. The molecule has 0 aliphatic heterocycles. The van der Waals surface area contributed by atoms with Crippen LogP contribution < -0.4 is 10.6 Å². The summed E-state index contributed by atoms with van der Waals surface area (Å²) in [5.41, 5.74) is -1.10. The zero-order valence-corrected chi connectivity index (χ0v) is 18.6. The summed E-state index contributed by atoms with van der Waals surface area (Å²) in [5, 5.41) is 15.9. The van der Waals surface area contributed by atoms with E-state index in [2.05, 4.69) is 21.9 Å². The van der Waals surface area contributed by atoms with Crippen molar-refractivity contribution in [1.29, 1.82) is 0 Å². The number of ether oxygens (including phenoxy) is 1. The minimum Gasteiger partial charge on any atom is -0.467 e. The lowest BCUT2D eigenvalue weighted by Gasteiger charge is -2.36. The van der Waals surface area contributed by atoms with Gasteiger partial charge in [-0.05, 0) is 44.9 Å². The topological polar surface area (TPSA) is 105 Å². The Morgan fingerprint density at radius 2 is 1.64 bits per heavy atom.